The first-order valence-electron chi connectivity index (χ1n) is 7.75. The Balaban J connectivity index is 1.64. The molecule has 0 saturated carbocycles. The highest BCUT2D eigenvalue weighted by Gasteiger charge is 2.14. The maximum Gasteiger partial charge on any atom is 0.338 e. The zero-order valence-corrected chi connectivity index (χ0v) is 13.3. The van der Waals surface area contributed by atoms with Crippen molar-refractivity contribution in [2.75, 3.05) is 6.61 Å². The van der Waals surface area contributed by atoms with Gasteiger partial charge in [0.15, 0.2) is 6.61 Å². The van der Waals surface area contributed by atoms with Gasteiger partial charge in [-0.1, -0.05) is 54.6 Å². The smallest absolute Gasteiger partial charge is 0.338 e. The quantitative estimate of drug-likeness (QED) is 0.508. The van der Waals surface area contributed by atoms with Crippen LogP contribution in [0.1, 0.15) is 20.7 Å². The minimum atomic E-state index is -0.629. The van der Waals surface area contributed by atoms with Gasteiger partial charge in [-0.15, -0.1) is 0 Å². The highest BCUT2D eigenvalue weighted by Crippen LogP contribution is 2.19. The molecule has 0 radical (unpaired) electrons. The maximum atomic E-state index is 13.5. The molecule has 0 saturated heterocycles. The lowest BCUT2D eigenvalue weighted by Crippen LogP contribution is -2.15. The third-order valence-electron chi connectivity index (χ3n) is 3.74. The monoisotopic (exact) mass is 334 g/mol. The molecule has 3 aromatic rings. The second-order valence-electron chi connectivity index (χ2n) is 5.42. The standard InChI is InChI=1S/C21H15FO3/c22-19-9-5-4-8-18(19)20(23)14-25-21(24)17-12-10-16(11-13-17)15-6-2-1-3-7-15/h1-13H,14H2. The molecule has 0 unspecified atom stereocenters. The predicted molar refractivity (Wildman–Crippen MR) is 92.9 cm³/mol. The van der Waals surface area contributed by atoms with Crippen molar-refractivity contribution in [3.05, 3.63) is 95.8 Å². The molecule has 0 aromatic heterocycles. The first kappa shape index (κ1) is 16.6. The van der Waals surface area contributed by atoms with Crippen molar-refractivity contribution in [1.82, 2.24) is 0 Å². The summed E-state index contributed by atoms with van der Waals surface area (Å²) in [5, 5.41) is 0. The Hall–Kier alpha value is -3.27. The summed E-state index contributed by atoms with van der Waals surface area (Å²) in [6.45, 7) is -0.500. The van der Waals surface area contributed by atoms with Gasteiger partial charge >= 0.3 is 5.97 Å². The highest BCUT2D eigenvalue weighted by atomic mass is 19.1. The normalized spacial score (nSPS) is 10.3. The number of ether oxygens (including phenoxy) is 1. The molecule has 0 amide bonds. The molecular weight excluding hydrogens is 319 g/mol. The summed E-state index contributed by atoms with van der Waals surface area (Å²) in [6, 6.07) is 22.2. The Kier molecular flexibility index (Phi) is 5.00. The van der Waals surface area contributed by atoms with Crippen LogP contribution in [0, 0.1) is 5.82 Å². The minimum Gasteiger partial charge on any atom is -0.454 e. The summed E-state index contributed by atoms with van der Waals surface area (Å²) in [7, 11) is 0. The van der Waals surface area contributed by atoms with E-state index in [1.165, 1.54) is 18.2 Å². The van der Waals surface area contributed by atoms with Gasteiger partial charge in [0.2, 0.25) is 5.78 Å². The fourth-order valence-electron chi connectivity index (χ4n) is 2.41. The van der Waals surface area contributed by atoms with Gasteiger partial charge in [-0.2, -0.15) is 0 Å². The number of esters is 1. The van der Waals surface area contributed by atoms with Crippen molar-refractivity contribution in [2.45, 2.75) is 0 Å². The molecule has 0 spiro atoms. The Bertz CT molecular complexity index is 887. The molecule has 124 valence electrons. The average Bonchev–Trinajstić information content (AvgIpc) is 2.67. The van der Waals surface area contributed by atoms with Crippen LogP contribution in [-0.4, -0.2) is 18.4 Å². The summed E-state index contributed by atoms with van der Waals surface area (Å²) >= 11 is 0. The Morgan fingerprint density at radius 2 is 1.36 bits per heavy atom. The van der Waals surface area contributed by atoms with E-state index in [4.69, 9.17) is 4.74 Å². The van der Waals surface area contributed by atoms with E-state index in [9.17, 15) is 14.0 Å². The number of benzene rings is 3. The Morgan fingerprint density at radius 1 is 0.760 bits per heavy atom. The van der Waals surface area contributed by atoms with Gasteiger partial charge in [0, 0.05) is 0 Å². The first-order valence-corrected chi connectivity index (χ1v) is 7.75. The van der Waals surface area contributed by atoms with E-state index in [0.29, 0.717) is 5.56 Å². The number of hydrogen-bond acceptors (Lipinski definition) is 3. The third kappa shape index (κ3) is 3.98. The van der Waals surface area contributed by atoms with Crippen LogP contribution in [0.5, 0.6) is 0 Å². The number of ketones is 1. The lowest BCUT2D eigenvalue weighted by atomic mass is 10.0. The van der Waals surface area contributed by atoms with Gasteiger partial charge < -0.3 is 4.74 Å². The largest absolute Gasteiger partial charge is 0.454 e. The molecule has 0 fully saturated rings. The molecule has 0 N–H and O–H groups in total. The van der Waals surface area contributed by atoms with Crippen LogP contribution in [0.15, 0.2) is 78.9 Å². The number of carbonyl (C=O) groups is 2. The molecule has 0 aliphatic carbocycles. The molecule has 25 heavy (non-hydrogen) atoms. The maximum absolute atomic E-state index is 13.5. The first-order chi connectivity index (χ1) is 12.1. The van der Waals surface area contributed by atoms with E-state index in [0.717, 1.165) is 11.1 Å². The molecule has 0 atom stereocenters. The van der Waals surface area contributed by atoms with Crippen molar-refractivity contribution in [3.63, 3.8) is 0 Å². The van der Waals surface area contributed by atoms with E-state index < -0.39 is 24.2 Å². The molecular formula is C21H15FO3. The SMILES string of the molecule is O=C(OCC(=O)c1ccccc1F)c1ccc(-c2ccccc2)cc1. The van der Waals surface area contributed by atoms with Gasteiger partial charge in [-0.3, -0.25) is 4.79 Å². The van der Waals surface area contributed by atoms with Crippen molar-refractivity contribution < 1.29 is 18.7 Å². The molecule has 3 aromatic carbocycles. The molecule has 0 aliphatic rings. The number of carbonyl (C=O) groups excluding carboxylic acids is 2. The summed E-state index contributed by atoms with van der Waals surface area (Å²) in [6.07, 6.45) is 0. The van der Waals surface area contributed by atoms with Crippen LogP contribution in [-0.2, 0) is 4.74 Å². The van der Waals surface area contributed by atoms with Gasteiger partial charge in [-0.25, -0.2) is 9.18 Å². The van der Waals surface area contributed by atoms with Gasteiger partial charge in [-0.05, 0) is 35.4 Å². The zero-order chi connectivity index (χ0) is 17.6. The fraction of sp³-hybridized carbons (Fsp3) is 0.0476. The number of hydrogen-bond donors (Lipinski definition) is 0. The molecule has 3 nitrogen and oxygen atoms in total. The zero-order valence-electron chi connectivity index (χ0n) is 13.3. The second-order valence-corrected chi connectivity index (χ2v) is 5.42. The number of rotatable bonds is 5. The molecule has 4 heteroatoms. The van der Waals surface area contributed by atoms with Crippen molar-refractivity contribution >= 4 is 11.8 Å². The van der Waals surface area contributed by atoms with Crippen molar-refractivity contribution in [1.29, 1.82) is 0 Å². The summed E-state index contributed by atoms with van der Waals surface area (Å²) in [5.74, 6) is -1.83. The van der Waals surface area contributed by atoms with Gasteiger partial charge in [0.25, 0.3) is 0 Å². The van der Waals surface area contributed by atoms with Crippen LogP contribution >= 0.6 is 0 Å². The van der Waals surface area contributed by atoms with E-state index >= 15 is 0 Å². The van der Waals surface area contributed by atoms with Crippen LogP contribution in [0.4, 0.5) is 4.39 Å². The molecule has 0 aliphatic heterocycles. The van der Waals surface area contributed by atoms with Gasteiger partial charge in [0.1, 0.15) is 5.82 Å². The van der Waals surface area contributed by atoms with Crippen LogP contribution in [0.2, 0.25) is 0 Å². The summed E-state index contributed by atoms with van der Waals surface area (Å²) in [5.41, 5.74) is 2.26. The van der Waals surface area contributed by atoms with Crippen LogP contribution in [0.3, 0.4) is 0 Å². The minimum absolute atomic E-state index is 0.0882. The lowest BCUT2D eigenvalue weighted by molar-refractivity contribution is 0.0473. The van der Waals surface area contributed by atoms with Crippen molar-refractivity contribution in [3.8, 4) is 11.1 Å². The third-order valence-corrected chi connectivity index (χ3v) is 3.74. The highest BCUT2D eigenvalue weighted by molar-refractivity contribution is 5.99. The average molecular weight is 334 g/mol. The number of Topliss-reactive ketones (excluding diaryl/α,β-unsaturated/α-hetero) is 1. The van der Waals surface area contributed by atoms with Crippen molar-refractivity contribution in [2.24, 2.45) is 0 Å². The van der Waals surface area contributed by atoms with E-state index in [1.54, 1.807) is 18.2 Å². The van der Waals surface area contributed by atoms with E-state index in [1.807, 2.05) is 42.5 Å². The molecule has 0 bridgehead atoms. The summed E-state index contributed by atoms with van der Waals surface area (Å²) < 4.78 is 18.5. The Labute approximate surface area is 144 Å². The summed E-state index contributed by atoms with van der Waals surface area (Å²) in [4.78, 5) is 24.0. The predicted octanol–water partition coefficient (Wildman–Crippen LogP) is 4.53. The van der Waals surface area contributed by atoms with Crippen LogP contribution in [0.25, 0.3) is 11.1 Å². The molecule has 3 rings (SSSR count). The topological polar surface area (TPSA) is 43.4 Å². The van der Waals surface area contributed by atoms with Gasteiger partial charge in [0.05, 0.1) is 11.1 Å². The Morgan fingerprint density at radius 3 is 2.04 bits per heavy atom. The second kappa shape index (κ2) is 7.53. The van der Waals surface area contributed by atoms with E-state index in [2.05, 4.69) is 0 Å². The van der Waals surface area contributed by atoms with E-state index in [-0.39, 0.29) is 5.56 Å². The van der Waals surface area contributed by atoms with Crippen LogP contribution < -0.4 is 0 Å². The molecule has 0 heterocycles. The number of halogens is 1. The fourth-order valence-corrected chi connectivity index (χ4v) is 2.41. The lowest BCUT2D eigenvalue weighted by Gasteiger charge is -2.06.